The van der Waals surface area contributed by atoms with E-state index in [-0.39, 0.29) is 11.1 Å². The molecule has 7 nitrogen and oxygen atoms in total. The number of hydrogen-bond donors (Lipinski definition) is 3. The van der Waals surface area contributed by atoms with Crippen LogP contribution in [0.5, 0.6) is 5.75 Å². The number of benzene rings is 2. The number of nitrogens with one attached hydrogen (secondary N) is 2. The molecule has 0 spiro atoms. The first-order valence-electron chi connectivity index (χ1n) is 8.22. The van der Waals surface area contributed by atoms with E-state index in [0.717, 1.165) is 11.3 Å². The van der Waals surface area contributed by atoms with Gasteiger partial charge in [0.25, 0.3) is 11.8 Å². The Balaban J connectivity index is 1.94. The van der Waals surface area contributed by atoms with E-state index >= 15 is 0 Å². The minimum atomic E-state index is -0.603. The van der Waals surface area contributed by atoms with Crippen LogP contribution in [0.2, 0.25) is 0 Å². The first kappa shape index (κ1) is 19.5. The van der Waals surface area contributed by atoms with E-state index in [4.69, 9.17) is 10.5 Å². The fraction of sp³-hybridized carbons (Fsp3) is 0.150. The minimum Gasteiger partial charge on any atom is -0.497 e. The van der Waals surface area contributed by atoms with E-state index in [1.165, 1.54) is 6.20 Å². The molecule has 2 amide bonds. The normalized spacial score (nSPS) is 10.6. The van der Waals surface area contributed by atoms with Crippen molar-refractivity contribution in [2.24, 2.45) is 5.73 Å². The van der Waals surface area contributed by atoms with Crippen molar-refractivity contribution in [3.63, 3.8) is 0 Å². The Labute approximate surface area is 157 Å². The molecule has 0 aliphatic heterocycles. The number of primary amides is 1. The van der Waals surface area contributed by atoms with Gasteiger partial charge in [-0.2, -0.15) is 5.26 Å². The monoisotopic (exact) mass is 364 g/mol. The van der Waals surface area contributed by atoms with Crippen LogP contribution in [-0.2, 0) is 11.2 Å². The molecule has 27 heavy (non-hydrogen) atoms. The third kappa shape index (κ3) is 5.61. The summed E-state index contributed by atoms with van der Waals surface area (Å²) in [4.78, 5) is 23.5. The van der Waals surface area contributed by atoms with Crippen LogP contribution in [0.25, 0.3) is 0 Å². The molecule has 0 atom stereocenters. The second-order valence-electron chi connectivity index (χ2n) is 5.58. The molecule has 0 aromatic heterocycles. The number of methoxy groups -OCH3 is 1. The number of ether oxygens (including phenoxy) is 1. The second kappa shape index (κ2) is 9.63. The molecule has 4 N–H and O–H groups in total. The van der Waals surface area contributed by atoms with Gasteiger partial charge in [0.2, 0.25) is 0 Å². The molecule has 7 heteroatoms. The van der Waals surface area contributed by atoms with Gasteiger partial charge in [0, 0.05) is 12.7 Å². The predicted molar refractivity (Wildman–Crippen MR) is 102 cm³/mol. The van der Waals surface area contributed by atoms with Crippen LogP contribution in [0.15, 0.2) is 60.3 Å². The van der Waals surface area contributed by atoms with Crippen molar-refractivity contribution >= 4 is 17.5 Å². The Morgan fingerprint density at radius 1 is 1.19 bits per heavy atom. The van der Waals surface area contributed by atoms with Gasteiger partial charge in [0.05, 0.1) is 18.4 Å². The average molecular weight is 364 g/mol. The Morgan fingerprint density at radius 2 is 1.89 bits per heavy atom. The molecule has 2 aromatic carbocycles. The summed E-state index contributed by atoms with van der Waals surface area (Å²) >= 11 is 0. The molecule has 0 unspecified atom stereocenters. The van der Waals surface area contributed by atoms with E-state index in [9.17, 15) is 14.9 Å². The van der Waals surface area contributed by atoms with Gasteiger partial charge in [0.15, 0.2) is 0 Å². The highest BCUT2D eigenvalue weighted by atomic mass is 16.5. The number of nitrogens with zero attached hydrogens (tertiary/aromatic N) is 1. The number of para-hydroxylation sites is 1. The molecular weight excluding hydrogens is 344 g/mol. The summed E-state index contributed by atoms with van der Waals surface area (Å²) in [6.07, 6.45) is 1.87. The lowest BCUT2D eigenvalue weighted by Crippen LogP contribution is -2.27. The fourth-order valence-corrected chi connectivity index (χ4v) is 2.33. The van der Waals surface area contributed by atoms with Crippen LogP contribution in [0.4, 0.5) is 5.69 Å². The van der Waals surface area contributed by atoms with Crippen LogP contribution < -0.4 is 21.1 Å². The van der Waals surface area contributed by atoms with Gasteiger partial charge in [-0.15, -0.1) is 0 Å². The average Bonchev–Trinajstić information content (AvgIpc) is 2.69. The Morgan fingerprint density at radius 3 is 2.52 bits per heavy atom. The van der Waals surface area contributed by atoms with Crippen LogP contribution in [0, 0.1) is 11.3 Å². The zero-order valence-corrected chi connectivity index (χ0v) is 14.9. The number of hydrogen-bond acceptors (Lipinski definition) is 5. The molecule has 2 rings (SSSR count). The lowest BCUT2D eigenvalue weighted by Gasteiger charge is -2.08. The van der Waals surface area contributed by atoms with Crippen molar-refractivity contribution in [1.82, 2.24) is 5.32 Å². The van der Waals surface area contributed by atoms with Crippen molar-refractivity contribution in [1.29, 1.82) is 5.26 Å². The minimum absolute atomic E-state index is 0.107. The smallest absolute Gasteiger partial charge is 0.263 e. The van der Waals surface area contributed by atoms with E-state index in [1.54, 1.807) is 31.4 Å². The number of carbonyl (C=O) groups is 2. The third-order valence-corrected chi connectivity index (χ3v) is 3.79. The summed E-state index contributed by atoms with van der Waals surface area (Å²) in [7, 11) is 1.60. The molecule has 0 aliphatic rings. The topological polar surface area (TPSA) is 117 Å². The summed E-state index contributed by atoms with van der Waals surface area (Å²) in [6, 6.07) is 15.9. The third-order valence-electron chi connectivity index (χ3n) is 3.79. The first-order valence-corrected chi connectivity index (χ1v) is 8.22. The van der Waals surface area contributed by atoms with Gasteiger partial charge in [-0.3, -0.25) is 9.59 Å². The molecule has 0 heterocycles. The standard InChI is InChI=1S/C20H20N4O3/c1-27-16-8-6-14(7-9-16)10-11-23-20(26)15(12-21)13-24-18-5-3-2-4-17(18)19(22)25/h2-9,13,24H,10-11H2,1H3,(H2,22,25)(H,23,26)/b15-13-. The van der Waals surface area contributed by atoms with Gasteiger partial charge >= 0.3 is 0 Å². The van der Waals surface area contributed by atoms with E-state index in [1.807, 2.05) is 30.3 Å². The van der Waals surface area contributed by atoms with Crippen molar-refractivity contribution in [2.75, 3.05) is 19.0 Å². The highest BCUT2D eigenvalue weighted by Gasteiger charge is 2.10. The summed E-state index contributed by atoms with van der Waals surface area (Å²) in [5.41, 5.74) is 6.92. The lowest BCUT2D eigenvalue weighted by atomic mass is 10.1. The van der Waals surface area contributed by atoms with Gasteiger partial charge in [-0.25, -0.2) is 0 Å². The van der Waals surface area contributed by atoms with Crippen molar-refractivity contribution in [2.45, 2.75) is 6.42 Å². The van der Waals surface area contributed by atoms with E-state index < -0.39 is 11.8 Å². The number of amides is 2. The summed E-state index contributed by atoms with van der Waals surface area (Å²) < 4.78 is 5.10. The quantitative estimate of drug-likeness (QED) is 0.489. The largest absolute Gasteiger partial charge is 0.497 e. The fourth-order valence-electron chi connectivity index (χ4n) is 2.33. The second-order valence-corrected chi connectivity index (χ2v) is 5.58. The summed E-state index contributed by atoms with van der Waals surface area (Å²) in [6.45, 7) is 0.377. The van der Waals surface area contributed by atoms with Crippen molar-refractivity contribution in [3.8, 4) is 11.8 Å². The molecule has 0 bridgehead atoms. The van der Waals surface area contributed by atoms with E-state index in [0.29, 0.717) is 18.7 Å². The molecule has 0 aliphatic carbocycles. The number of rotatable bonds is 8. The maximum Gasteiger partial charge on any atom is 0.263 e. The van der Waals surface area contributed by atoms with Gasteiger partial charge in [0.1, 0.15) is 17.4 Å². The SMILES string of the molecule is COc1ccc(CCNC(=O)/C(C#N)=C\Nc2ccccc2C(N)=O)cc1. The predicted octanol–water partition coefficient (Wildman–Crippen LogP) is 1.97. The van der Waals surface area contributed by atoms with Crippen LogP contribution in [0.1, 0.15) is 15.9 Å². The Kier molecular flexibility index (Phi) is 6.97. The van der Waals surface area contributed by atoms with Crippen LogP contribution in [0.3, 0.4) is 0 Å². The highest BCUT2D eigenvalue weighted by molar-refractivity contribution is 6.00. The number of carbonyl (C=O) groups excluding carboxylic acids is 2. The van der Waals surface area contributed by atoms with Gasteiger partial charge < -0.3 is 21.1 Å². The van der Waals surface area contributed by atoms with Gasteiger partial charge in [-0.05, 0) is 36.2 Å². The summed E-state index contributed by atoms with van der Waals surface area (Å²) in [5, 5.41) is 14.7. The zero-order chi connectivity index (χ0) is 19.6. The molecule has 2 aromatic rings. The Bertz CT molecular complexity index is 883. The summed E-state index contributed by atoms with van der Waals surface area (Å²) in [5.74, 6) is -0.344. The van der Waals surface area contributed by atoms with Crippen molar-refractivity contribution < 1.29 is 14.3 Å². The molecule has 138 valence electrons. The zero-order valence-electron chi connectivity index (χ0n) is 14.9. The number of anilines is 1. The number of nitriles is 1. The molecule has 0 radical (unpaired) electrons. The molecular formula is C20H20N4O3. The lowest BCUT2D eigenvalue weighted by molar-refractivity contribution is -0.117. The van der Waals surface area contributed by atoms with Crippen molar-refractivity contribution in [3.05, 3.63) is 71.4 Å². The van der Waals surface area contributed by atoms with Crippen LogP contribution >= 0.6 is 0 Å². The van der Waals surface area contributed by atoms with Crippen LogP contribution in [-0.4, -0.2) is 25.5 Å². The van der Waals surface area contributed by atoms with Gasteiger partial charge in [-0.1, -0.05) is 24.3 Å². The van der Waals surface area contributed by atoms with E-state index in [2.05, 4.69) is 10.6 Å². The first-order chi connectivity index (χ1) is 13.0. The maximum absolute atomic E-state index is 12.2. The molecule has 0 fully saturated rings. The molecule has 0 saturated heterocycles. The maximum atomic E-state index is 12.2. The Hall–Kier alpha value is -3.79. The highest BCUT2D eigenvalue weighted by Crippen LogP contribution is 2.15. The molecule has 0 saturated carbocycles. The number of nitrogens with two attached hydrogens (primary N) is 1.